The maximum atomic E-state index is 13.7. The van der Waals surface area contributed by atoms with Crippen molar-refractivity contribution in [3.05, 3.63) is 84.3 Å². The average Bonchev–Trinajstić information content (AvgIpc) is 2.73. The molecule has 4 aromatic rings. The van der Waals surface area contributed by atoms with Gasteiger partial charge in [-0.1, -0.05) is 36.4 Å². The summed E-state index contributed by atoms with van der Waals surface area (Å²) in [7, 11) is 0. The van der Waals surface area contributed by atoms with Crippen LogP contribution in [-0.4, -0.2) is 20.9 Å². The van der Waals surface area contributed by atoms with E-state index in [1.165, 1.54) is 24.7 Å². The van der Waals surface area contributed by atoms with Crippen molar-refractivity contribution in [2.45, 2.75) is 12.8 Å². The molecule has 0 saturated carbocycles. The average molecular weight is 390 g/mol. The van der Waals surface area contributed by atoms with Crippen molar-refractivity contribution in [3.8, 4) is 11.3 Å². The molecule has 5 nitrogen and oxygen atoms in total. The summed E-state index contributed by atoms with van der Waals surface area (Å²) in [5.74, 6) is -2.95. The number of hydrogen-bond donors (Lipinski definition) is 1. The molecule has 2 heterocycles. The first-order valence-corrected chi connectivity index (χ1v) is 8.88. The molecular formula is C22H16F2N4O. The standard InChI is InChI=1S/C22H16F2N4O/c1-22(23,24)16-6-2-5-15(12-16)18-9-8-14-4-3-7-17(20(14)27-18)21(29)28-19-10-11-25-13-26-19/h2-13H,1H3,(H,25,26,28,29). The molecule has 0 aliphatic carbocycles. The zero-order valence-electron chi connectivity index (χ0n) is 15.4. The molecule has 0 unspecified atom stereocenters. The SMILES string of the molecule is CC(F)(F)c1cccc(-c2ccc3cccc(C(=O)Nc4ccncn4)c3n2)c1. The fourth-order valence-corrected chi connectivity index (χ4v) is 2.99. The number of aromatic nitrogens is 3. The van der Waals surface area contributed by atoms with Gasteiger partial charge < -0.3 is 5.32 Å². The topological polar surface area (TPSA) is 67.8 Å². The number of nitrogens with one attached hydrogen (secondary N) is 1. The Balaban J connectivity index is 1.76. The minimum Gasteiger partial charge on any atom is -0.306 e. The molecule has 7 heteroatoms. The number of amides is 1. The first-order chi connectivity index (χ1) is 13.9. The molecule has 4 rings (SSSR count). The van der Waals surface area contributed by atoms with Crippen LogP contribution in [0, 0.1) is 0 Å². The van der Waals surface area contributed by atoms with Crippen molar-refractivity contribution in [2.75, 3.05) is 5.32 Å². The van der Waals surface area contributed by atoms with Crippen molar-refractivity contribution in [3.63, 3.8) is 0 Å². The van der Waals surface area contributed by atoms with Crippen LogP contribution in [0.3, 0.4) is 0 Å². The van der Waals surface area contributed by atoms with Gasteiger partial charge in [0.05, 0.1) is 16.8 Å². The quantitative estimate of drug-likeness (QED) is 0.529. The number of fused-ring (bicyclic) bond motifs is 1. The van der Waals surface area contributed by atoms with E-state index in [4.69, 9.17) is 0 Å². The summed E-state index contributed by atoms with van der Waals surface area (Å²) < 4.78 is 27.4. The lowest BCUT2D eigenvalue weighted by Gasteiger charge is -2.12. The van der Waals surface area contributed by atoms with Gasteiger partial charge in [0.1, 0.15) is 12.1 Å². The van der Waals surface area contributed by atoms with Gasteiger partial charge in [0.2, 0.25) is 0 Å². The van der Waals surface area contributed by atoms with Gasteiger partial charge in [0.15, 0.2) is 0 Å². The number of hydrogen-bond acceptors (Lipinski definition) is 4. The minimum atomic E-state index is -2.95. The van der Waals surface area contributed by atoms with E-state index in [1.54, 1.807) is 36.4 Å². The molecule has 29 heavy (non-hydrogen) atoms. The van der Waals surface area contributed by atoms with Gasteiger partial charge >= 0.3 is 0 Å². The number of halogens is 2. The van der Waals surface area contributed by atoms with Crippen LogP contribution in [0.4, 0.5) is 14.6 Å². The summed E-state index contributed by atoms with van der Waals surface area (Å²) in [6.45, 7) is 0.857. The second-order valence-corrected chi connectivity index (χ2v) is 6.59. The molecule has 1 amide bonds. The lowest BCUT2D eigenvalue weighted by Crippen LogP contribution is -2.14. The van der Waals surface area contributed by atoms with Gasteiger partial charge in [0, 0.05) is 29.6 Å². The third-order valence-electron chi connectivity index (χ3n) is 4.45. The van der Waals surface area contributed by atoms with Crippen molar-refractivity contribution in [1.29, 1.82) is 0 Å². The van der Waals surface area contributed by atoms with Gasteiger partial charge in [-0.3, -0.25) is 4.79 Å². The molecule has 0 aliphatic rings. The Bertz CT molecular complexity index is 1190. The highest BCUT2D eigenvalue weighted by molar-refractivity contribution is 6.11. The highest BCUT2D eigenvalue weighted by Crippen LogP contribution is 2.31. The monoisotopic (exact) mass is 390 g/mol. The number of pyridine rings is 1. The Morgan fingerprint density at radius 1 is 1.03 bits per heavy atom. The van der Waals surface area contributed by atoms with E-state index >= 15 is 0 Å². The molecule has 144 valence electrons. The number of carbonyl (C=O) groups excluding carboxylic acids is 1. The van der Waals surface area contributed by atoms with E-state index in [-0.39, 0.29) is 11.5 Å². The van der Waals surface area contributed by atoms with E-state index in [2.05, 4.69) is 20.3 Å². The van der Waals surface area contributed by atoms with Crippen LogP contribution in [0.15, 0.2) is 73.2 Å². The van der Waals surface area contributed by atoms with Crippen molar-refractivity contribution < 1.29 is 13.6 Å². The highest BCUT2D eigenvalue weighted by atomic mass is 19.3. The summed E-state index contributed by atoms with van der Waals surface area (Å²) >= 11 is 0. The molecule has 2 aromatic carbocycles. The van der Waals surface area contributed by atoms with Gasteiger partial charge in [-0.05, 0) is 24.3 Å². The second-order valence-electron chi connectivity index (χ2n) is 6.59. The molecule has 0 radical (unpaired) electrons. The molecule has 2 aromatic heterocycles. The smallest absolute Gasteiger partial charge is 0.270 e. The number of benzene rings is 2. The number of alkyl halides is 2. The van der Waals surface area contributed by atoms with Gasteiger partial charge in [-0.25, -0.2) is 23.7 Å². The molecule has 0 saturated heterocycles. The number of para-hydroxylation sites is 1. The van der Waals surface area contributed by atoms with Crippen LogP contribution in [0.2, 0.25) is 0 Å². The van der Waals surface area contributed by atoms with Crippen molar-refractivity contribution in [1.82, 2.24) is 15.0 Å². The predicted molar refractivity (Wildman–Crippen MR) is 107 cm³/mol. The predicted octanol–water partition coefficient (Wildman–Crippen LogP) is 5.06. The minimum absolute atomic E-state index is 0.0910. The Labute approximate surface area is 165 Å². The number of anilines is 1. The Kier molecular flexibility index (Phi) is 4.72. The Hall–Kier alpha value is -3.74. The van der Waals surface area contributed by atoms with Crippen LogP contribution in [-0.2, 0) is 5.92 Å². The maximum absolute atomic E-state index is 13.7. The number of carbonyl (C=O) groups is 1. The molecule has 0 atom stereocenters. The van der Waals surface area contributed by atoms with Crippen LogP contribution >= 0.6 is 0 Å². The van der Waals surface area contributed by atoms with Crippen LogP contribution < -0.4 is 5.32 Å². The van der Waals surface area contributed by atoms with Crippen LogP contribution in [0.5, 0.6) is 0 Å². The van der Waals surface area contributed by atoms with Crippen LogP contribution in [0.25, 0.3) is 22.2 Å². The van der Waals surface area contributed by atoms with E-state index in [1.807, 2.05) is 12.1 Å². The zero-order valence-corrected chi connectivity index (χ0v) is 15.4. The van der Waals surface area contributed by atoms with E-state index in [0.717, 1.165) is 12.3 Å². The van der Waals surface area contributed by atoms with Gasteiger partial charge in [0.25, 0.3) is 11.8 Å². The molecule has 0 aliphatic heterocycles. The van der Waals surface area contributed by atoms with Gasteiger partial charge in [-0.2, -0.15) is 0 Å². The largest absolute Gasteiger partial charge is 0.306 e. The molecular weight excluding hydrogens is 374 g/mol. The number of rotatable bonds is 4. The maximum Gasteiger partial charge on any atom is 0.270 e. The lowest BCUT2D eigenvalue weighted by atomic mass is 10.0. The van der Waals surface area contributed by atoms with E-state index < -0.39 is 5.92 Å². The summed E-state index contributed by atoms with van der Waals surface area (Å²) in [6.07, 6.45) is 2.87. The summed E-state index contributed by atoms with van der Waals surface area (Å²) in [6, 6.07) is 16.5. The molecule has 0 spiro atoms. The zero-order chi connectivity index (χ0) is 20.4. The summed E-state index contributed by atoms with van der Waals surface area (Å²) in [5, 5.41) is 3.47. The summed E-state index contributed by atoms with van der Waals surface area (Å²) in [4.78, 5) is 25.1. The molecule has 0 fully saturated rings. The second kappa shape index (κ2) is 7.35. The third kappa shape index (κ3) is 3.94. The van der Waals surface area contributed by atoms with E-state index in [9.17, 15) is 13.6 Å². The first kappa shape index (κ1) is 18.6. The molecule has 1 N–H and O–H groups in total. The third-order valence-corrected chi connectivity index (χ3v) is 4.45. The van der Waals surface area contributed by atoms with E-state index in [0.29, 0.717) is 28.2 Å². The Morgan fingerprint density at radius 2 is 1.86 bits per heavy atom. The van der Waals surface area contributed by atoms with Gasteiger partial charge in [-0.15, -0.1) is 0 Å². The van der Waals surface area contributed by atoms with Crippen molar-refractivity contribution in [2.24, 2.45) is 0 Å². The fourth-order valence-electron chi connectivity index (χ4n) is 2.99. The summed E-state index contributed by atoms with van der Waals surface area (Å²) in [5.41, 5.74) is 1.81. The normalized spacial score (nSPS) is 11.4. The Morgan fingerprint density at radius 3 is 2.62 bits per heavy atom. The van der Waals surface area contributed by atoms with Crippen LogP contribution in [0.1, 0.15) is 22.8 Å². The highest BCUT2D eigenvalue weighted by Gasteiger charge is 2.24. The lowest BCUT2D eigenvalue weighted by molar-refractivity contribution is 0.0175. The van der Waals surface area contributed by atoms with Crippen molar-refractivity contribution >= 4 is 22.6 Å². The molecule has 0 bridgehead atoms. The first-order valence-electron chi connectivity index (χ1n) is 8.88. The fraction of sp³-hybridized carbons (Fsp3) is 0.0909. The number of nitrogens with zero attached hydrogens (tertiary/aromatic N) is 3.